The number of rotatable bonds is 8. The first-order valence-corrected chi connectivity index (χ1v) is 12.2. The summed E-state index contributed by atoms with van der Waals surface area (Å²) in [5.74, 6) is -0.210. The van der Waals surface area contributed by atoms with Crippen LogP contribution in [0.5, 0.6) is 5.75 Å². The van der Waals surface area contributed by atoms with Gasteiger partial charge in [0, 0.05) is 37.2 Å². The number of carbonyl (C=O) groups excluding carboxylic acids is 2. The summed E-state index contributed by atoms with van der Waals surface area (Å²) in [6.45, 7) is 4.74. The first-order chi connectivity index (χ1) is 15.2. The Hall–Kier alpha value is -2.71. The zero-order valence-electron chi connectivity index (χ0n) is 18.8. The van der Waals surface area contributed by atoms with Crippen molar-refractivity contribution in [1.82, 2.24) is 4.31 Å². The largest absolute Gasteiger partial charge is 0.495 e. The molecule has 2 aromatic rings. The molecule has 1 heterocycles. The minimum absolute atomic E-state index is 0.00640. The summed E-state index contributed by atoms with van der Waals surface area (Å²) in [6.07, 6.45) is 2.75. The highest BCUT2D eigenvalue weighted by atomic mass is 32.2. The van der Waals surface area contributed by atoms with Gasteiger partial charge in [-0.3, -0.25) is 9.59 Å². The maximum atomic E-state index is 13.1. The van der Waals surface area contributed by atoms with Crippen LogP contribution in [0, 0.1) is 13.8 Å². The van der Waals surface area contributed by atoms with Crippen molar-refractivity contribution >= 4 is 27.4 Å². The summed E-state index contributed by atoms with van der Waals surface area (Å²) < 4.78 is 33.0. The van der Waals surface area contributed by atoms with Crippen molar-refractivity contribution in [2.24, 2.45) is 0 Å². The third kappa shape index (κ3) is 5.55. The Kier molecular flexibility index (Phi) is 7.69. The van der Waals surface area contributed by atoms with Gasteiger partial charge in [0.2, 0.25) is 15.9 Å². The summed E-state index contributed by atoms with van der Waals surface area (Å²) in [7, 11) is -2.31. The van der Waals surface area contributed by atoms with E-state index in [9.17, 15) is 18.0 Å². The lowest BCUT2D eigenvalue weighted by Crippen LogP contribution is -2.35. The number of hydrogen-bond acceptors (Lipinski definition) is 5. The molecule has 1 saturated heterocycles. The number of methoxy groups -OCH3 is 1. The van der Waals surface area contributed by atoms with E-state index in [2.05, 4.69) is 5.32 Å². The number of piperidine rings is 1. The molecule has 0 unspecified atom stereocenters. The van der Waals surface area contributed by atoms with Crippen molar-refractivity contribution < 1.29 is 22.7 Å². The maximum absolute atomic E-state index is 13.1. The molecule has 172 valence electrons. The van der Waals surface area contributed by atoms with E-state index in [1.807, 2.05) is 32.0 Å². The van der Waals surface area contributed by atoms with Gasteiger partial charge in [0.15, 0.2) is 5.78 Å². The number of amides is 1. The molecule has 1 aliphatic rings. The summed E-state index contributed by atoms with van der Waals surface area (Å²) in [6, 6.07) is 10.2. The van der Waals surface area contributed by atoms with Gasteiger partial charge >= 0.3 is 0 Å². The molecule has 0 bridgehead atoms. The fourth-order valence-corrected chi connectivity index (χ4v) is 5.52. The van der Waals surface area contributed by atoms with E-state index in [0.717, 1.165) is 30.4 Å². The van der Waals surface area contributed by atoms with Crippen LogP contribution < -0.4 is 10.1 Å². The Bertz CT molecular complexity index is 1110. The quantitative estimate of drug-likeness (QED) is 0.602. The van der Waals surface area contributed by atoms with Gasteiger partial charge in [-0.2, -0.15) is 4.31 Å². The summed E-state index contributed by atoms with van der Waals surface area (Å²) in [5, 5.41) is 2.71. The first kappa shape index (κ1) is 23.9. The van der Waals surface area contributed by atoms with Crippen molar-refractivity contribution in [1.29, 1.82) is 0 Å². The SMILES string of the molecule is COc1ccc(NC(=O)CCC(=O)c2cc(C)ccc2C)cc1S(=O)(=O)N1CCCCC1. The molecule has 0 atom stereocenters. The molecule has 0 radical (unpaired) electrons. The highest BCUT2D eigenvalue weighted by Gasteiger charge is 2.29. The average Bonchev–Trinajstić information content (AvgIpc) is 2.79. The van der Waals surface area contributed by atoms with Crippen LogP contribution in [-0.2, 0) is 14.8 Å². The Morgan fingerprint density at radius 2 is 1.72 bits per heavy atom. The van der Waals surface area contributed by atoms with Crippen molar-refractivity contribution in [2.75, 3.05) is 25.5 Å². The predicted molar refractivity (Wildman–Crippen MR) is 124 cm³/mol. The lowest BCUT2D eigenvalue weighted by molar-refractivity contribution is -0.116. The number of nitrogens with one attached hydrogen (secondary N) is 1. The molecular formula is C24H30N2O5S. The maximum Gasteiger partial charge on any atom is 0.246 e. The molecule has 2 aromatic carbocycles. The average molecular weight is 459 g/mol. The van der Waals surface area contributed by atoms with Crippen LogP contribution in [0.1, 0.15) is 53.6 Å². The van der Waals surface area contributed by atoms with E-state index in [-0.39, 0.29) is 35.2 Å². The van der Waals surface area contributed by atoms with Crippen LogP contribution in [0.2, 0.25) is 0 Å². The van der Waals surface area contributed by atoms with Crippen LogP contribution >= 0.6 is 0 Å². The number of Topliss-reactive ketones (excluding diaryl/α,β-unsaturated/α-hetero) is 1. The summed E-state index contributed by atoms with van der Waals surface area (Å²) in [5.41, 5.74) is 2.84. The Morgan fingerprint density at radius 1 is 1.00 bits per heavy atom. The van der Waals surface area contributed by atoms with E-state index in [1.54, 1.807) is 6.07 Å². The Balaban J connectivity index is 1.70. The van der Waals surface area contributed by atoms with Crippen LogP contribution in [-0.4, -0.2) is 44.6 Å². The minimum atomic E-state index is -3.73. The van der Waals surface area contributed by atoms with Gasteiger partial charge in [-0.1, -0.05) is 24.1 Å². The van der Waals surface area contributed by atoms with Gasteiger partial charge in [-0.15, -0.1) is 0 Å². The highest BCUT2D eigenvalue weighted by Crippen LogP contribution is 2.31. The number of anilines is 1. The third-order valence-corrected chi connectivity index (χ3v) is 7.57. The molecular weight excluding hydrogens is 428 g/mol. The van der Waals surface area contributed by atoms with E-state index < -0.39 is 10.0 Å². The number of nitrogens with zero attached hydrogens (tertiary/aromatic N) is 1. The molecule has 8 heteroatoms. The van der Waals surface area contributed by atoms with E-state index in [4.69, 9.17) is 4.74 Å². The summed E-state index contributed by atoms with van der Waals surface area (Å²) in [4.78, 5) is 25.0. The second-order valence-electron chi connectivity index (χ2n) is 8.12. The number of ether oxygens (including phenoxy) is 1. The lowest BCUT2D eigenvalue weighted by Gasteiger charge is -2.26. The van der Waals surface area contributed by atoms with Crippen LogP contribution in [0.25, 0.3) is 0 Å². The van der Waals surface area contributed by atoms with Gasteiger partial charge in [0.25, 0.3) is 0 Å². The van der Waals surface area contributed by atoms with Gasteiger partial charge in [0.1, 0.15) is 10.6 Å². The molecule has 7 nitrogen and oxygen atoms in total. The van der Waals surface area contributed by atoms with Crippen molar-refractivity contribution in [3.63, 3.8) is 0 Å². The number of benzene rings is 2. The van der Waals surface area contributed by atoms with Crippen LogP contribution in [0.3, 0.4) is 0 Å². The molecule has 32 heavy (non-hydrogen) atoms. The molecule has 1 aliphatic heterocycles. The predicted octanol–water partition coefficient (Wildman–Crippen LogP) is 4.09. The van der Waals surface area contributed by atoms with Gasteiger partial charge in [-0.05, 0) is 56.5 Å². The molecule has 1 N–H and O–H groups in total. The number of carbonyl (C=O) groups is 2. The Labute approximate surface area is 189 Å². The topological polar surface area (TPSA) is 92.8 Å². The number of ketones is 1. The zero-order chi connectivity index (χ0) is 23.3. The van der Waals surface area contributed by atoms with Gasteiger partial charge < -0.3 is 10.1 Å². The molecule has 1 fully saturated rings. The van der Waals surface area contributed by atoms with E-state index in [1.165, 1.54) is 23.5 Å². The lowest BCUT2D eigenvalue weighted by atomic mass is 9.99. The fraction of sp³-hybridized carbons (Fsp3) is 0.417. The number of hydrogen-bond donors (Lipinski definition) is 1. The molecule has 3 rings (SSSR count). The normalized spacial score (nSPS) is 14.7. The second-order valence-corrected chi connectivity index (χ2v) is 10.0. The van der Waals surface area contributed by atoms with Crippen molar-refractivity contribution in [2.45, 2.75) is 50.8 Å². The van der Waals surface area contributed by atoms with Gasteiger partial charge in [0.05, 0.1) is 7.11 Å². The summed E-state index contributed by atoms with van der Waals surface area (Å²) >= 11 is 0. The molecule has 0 aromatic heterocycles. The van der Waals surface area contributed by atoms with Gasteiger partial charge in [-0.25, -0.2) is 8.42 Å². The molecule has 0 saturated carbocycles. The Morgan fingerprint density at radius 3 is 2.41 bits per heavy atom. The highest BCUT2D eigenvalue weighted by molar-refractivity contribution is 7.89. The first-order valence-electron chi connectivity index (χ1n) is 10.8. The number of sulfonamides is 1. The number of aryl methyl sites for hydroxylation is 2. The fourth-order valence-electron chi connectivity index (χ4n) is 3.82. The molecule has 1 amide bonds. The van der Waals surface area contributed by atoms with Crippen molar-refractivity contribution in [3.8, 4) is 5.75 Å². The smallest absolute Gasteiger partial charge is 0.246 e. The van der Waals surface area contributed by atoms with Crippen molar-refractivity contribution in [3.05, 3.63) is 53.1 Å². The third-order valence-electron chi connectivity index (χ3n) is 5.65. The van der Waals surface area contributed by atoms with E-state index >= 15 is 0 Å². The zero-order valence-corrected chi connectivity index (χ0v) is 19.6. The van der Waals surface area contributed by atoms with Crippen LogP contribution in [0.15, 0.2) is 41.3 Å². The standard InChI is InChI=1S/C24H30N2O5S/c1-17-7-8-18(2)20(15-17)21(27)10-12-24(28)25-19-9-11-22(31-3)23(16-19)32(29,30)26-13-5-4-6-14-26/h7-9,11,15-16H,4-6,10,12-14H2,1-3H3,(H,25,28). The van der Waals surface area contributed by atoms with E-state index in [0.29, 0.717) is 24.3 Å². The second kappa shape index (κ2) is 10.3. The van der Waals surface area contributed by atoms with Crippen LogP contribution in [0.4, 0.5) is 5.69 Å². The molecule has 0 aliphatic carbocycles. The monoisotopic (exact) mass is 458 g/mol. The molecule has 0 spiro atoms. The minimum Gasteiger partial charge on any atom is -0.495 e.